The van der Waals surface area contributed by atoms with Crippen LogP contribution in [0.25, 0.3) is 10.9 Å². The van der Waals surface area contributed by atoms with Gasteiger partial charge in [-0.05, 0) is 48.5 Å². The predicted molar refractivity (Wildman–Crippen MR) is 86.6 cm³/mol. The zero-order valence-electron chi connectivity index (χ0n) is 11.1. The molecule has 21 heavy (non-hydrogen) atoms. The maximum Gasteiger partial charge on any atom is 0.102 e. The highest BCUT2D eigenvalue weighted by Gasteiger charge is 2.26. The zero-order valence-corrected chi connectivity index (χ0v) is 12.7. The van der Waals surface area contributed by atoms with Gasteiger partial charge in [-0.1, -0.05) is 12.1 Å². The summed E-state index contributed by atoms with van der Waals surface area (Å²) in [5.74, 6) is 0.695. The minimum Gasteiger partial charge on any atom is -0.358 e. The Morgan fingerprint density at radius 3 is 3.14 bits per heavy atom. The molecule has 6 heteroatoms. The molecule has 1 fully saturated rings. The summed E-state index contributed by atoms with van der Waals surface area (Å²) in [6.45, 7) is 0. The normalized spacial score (nSPS) is 14.2. The van der Waals surface area contributed by atoms with Crippen molar-refractivity contribution >= 4 is 40.1 Å². The number of rotatable bonds is 4. The van der Waals surface area contributed by atoms with Crippen molar-refractivity contribution in [2.24, 2.45) is 0 Å². The van der Waals surface area contributed by atoms with Crippen LogP contribution in [0.3, 0.4) is 0 Å². The first-order valence-electron chi connectivity index (χ1n) is 6.75. The van der Waals surface area contributed by atoms with Crippen LogP contribution in [0.15, 0.2) is 34.7 Å². The van der Waals surface area contributed by atoms with Crippen molar-refractivity contribution < 1.29 is 0 Å². The minimum absolute atomic E-state index is 0.674. The predicted octanol–water partition coefficient (Wildman–Crippen LogP) is 4.49. The lowest BCUT2D eigenvalue weighted by atomic mass is 10.2. The molecule has 0 unspecified atom stereocenters. The van der Waals surface area contributed by atoms with Gasteiger partial charge in [0.05, 0.1) is 22.5 Å². The van der Waals surface area contributed by atoms with E-state index in [1.807, 2.05) is 18.2 Å². The smallest absolute Gasteiger partial charge is 0.102 e. The van der Waals surface area contributed by atoms with Gasteiger partial charge in [-0.2, -0.15) is 9.64 Å². The summed E-state index contributed by atoms with van der Waals surface area (Å²) in [7, 11) is 0. The third-order valence-electron chi connectivity index (χ3n) is 3.60. The number of fused-ring (bicyclic) bond motifs is 1. The van der Waals surface area contributed by atoms with Gasteiger partial charge in [0, 0.05) is 17.5 Å². The zero-order chi connectivity index (χ0) is 14.2. The molecule has 2 N–H and O–H groups in total. The van der Waals surface area contributed by atoms with Gasteiger partial charge in [-0.3, -0.25) is 0 Å². The fourth-order valence-electron chi connectivity index (χ4n) is 2.33. The van der Waals surface area contributed by atoms with E-state index in [-0.39, 0.29) is 0 Å². The van der Waals surface area contributed by atoms with Crippen LogP contribution in [0.4, 0.5) is 5.69 Å². The van der Waals surface area contributed by atoms with Gasteiger partial charge >= 0.3 is 0 Å². The Labute approximate surface area is 130 Å². The third kappa shape index (κ3) is 2.39. The van der Waals surface area contributed by atoms with E-state index in [2.05, 4.69) is 26.2 Å². The molecule has 2 heterocycles. The fraction of sp³-hybridized carbons (Fsp3) is 0.200. The molecule has 1 aromatic carbocycles. The van der Waals surface area contributed by atoms with Crippen LogP contribution >= 0.6 is 23.5 Å². The quantitative estimate of drug-likeness (QED) is 0.697. The summed E-state index contributed by atoms with van der Waals surface area (Å²) >= 11 is 3.11. The van der Waals surface area contributed by atoms with E-state index in [1.165, 1.54) is 22.7 Å². The number of anilines is 1. The molecular weight excluding hydrogens is 300 g/mol. The van der Waals surface area contributed by atoms with E-state index in [0.29, 0.717) is 11.5 Å². The van der Waals surface area contributed by atoms with Crippen molar-refractivity contribution in [2.45, 2.75) is 23.0 Å². The lowest BCUT2D eigenvalue weighted by Crippen LogP contribution is -1.86. The van der Waals surface area contributed by atoms with Crippen LogP contribution in [-0.4, -0.2) is 9.36 Å². The van der Waals surface area contributed by atoms with Gasteiger partial charge in [0.15, 0.2) is 0 Å². The molecule has 0 spiro atoms. The van der Waals surface area contributed by atoms with Gasteiger partial charge in [0.25, 0.3) is 0 Å². The molecule has 0 saturated heterocycles. The van der Waals surface area contributed by atoms with Crippen molar-refractivity contribution in [3.05, 3.63) is 41.7 Å². The first kappa shape index (κ1) is 12.7. The second-order valence-corrected chi connectivity index (χ2v) is 7.00. The lowest BCUT2D eigenvalue weighted by molar-refractivity contribution is 1.07. The Balaban J connectivity index is 1.56. The number of H-pyrrole nitrogens is 1. The van der Waals surface area contributed by atoms with Crippen molar-refractivity contribution in [3.8, 4) is 6.07 Å². The summed E-state index contributed by atoms with van der Waals surface area (Å²) in [6, 6.07) is 10.3. The first-order chi connectivity index (χ1) is 10.3. The van der Waals surface area contributed by atoms with E-state index in [1.54, 1.807) is 29.7 Å². The number of hydrogen-bond donors (Lipinski definition) is 2. The maximum absolute atomic E-state index is 9.08. The molecule has 0 radical (unpaired) electrons. The molecule has 0 aliphatic heterocycles. The van der Waals surface area contributed by atoms with E-state index >= 15 is 0 Å². The van der Waals surface area contributed by atoms with Gasteiger partial charge in [0.1, 0.15) is 10.3 Å². The van der Waals surface area contributed by atoms with Gasteiger partial charge < -0.3 is 9.71 Å². The van der Waals surface area contributed by atoms with Crippen LogP contribution in [0, 0.1) is 11.3 Å². The average molecular weight is 312 g/mol. The molecule has 1 saturated carbocycles. The van der Waals surface area contributed by atoms with Gasteiger partial charge in [-0.25, -0.2) is 0 Å². The average Bonchev–Trinajstić information content (AvgIpc) is 3.11. The highest BCUT2D eigenvalue weighted by molar-refractivity contribution is 8.02. The van der Waals surface area contributed by atoms with E-state index in [9.17, 15) is 0 Å². The Hall–Kier alpha value is -1.97. The summed E-state index contributed by atoms with van der Waals surface area (Å²) in [5, 5.41) is 10.0. The largest absolute Gasteiger partial charge is 0.358 e. The fourth-order valence-corrected chi connectivity index (χ4v) is 3.84. The number of nitrogens with one attached hydrogen (secondary N) is 2. The summed E-state index contributed by atoms with van der Waals surface area (Å²) in [4.78, 5) is 3.17. The first-order valence-corrected chi connectivity index (χ1v) is 8.34. The number of hydrogen-bond acceptors (Lipinski definition) is 5. The van der Waals surface area contributed by atoms with Crippen LogP contribution in [0.1, 0.15) is 30.0 Å². The molecule has 1 aliphatic carbocycles. The topological polar surface area (TPSA) is 64.5 Å². The van der Waals surface area contributed by atoms with E-state index in [0.717, 1.165) is 16.6 Å². The molecule has 2 aromatic heterocycles. The summed E-state index contributed by atoms with van der Waals surface area (Å²) in [6.07, 6.45) is 4.30. The van der Waals surface area contributed by atoms with Crippen molar-refractivity contribution in [2.75, 3.05) is 4.72 Å². The van der Waals surface area contributed by atoms with Gasteiger partial charge in [-0.15, -0.1) is 0 Å². The van der Waals surface area contributed by atoms with Crippen LogP contribution in [0.2, 0.25) is 0 Å². The number of aromatic amines is 1. The molecule has 0 atom stereocenters. The monoisotopic (exact) mass is 312 g/mol. The Kier molecular flexibility index (Phi) is 3.09. The highest BCUT2D eigenvalue weighted by atomic mass is 32.2. The van der Waals surface area contributed by atoms with E-state index in [4.69, 9.17) is 5.26 Å². The number of benzene rings is 1. The maximum atomic E-state index is 9.08. The molecule has 4 nitrogen and oxygen atoms in total. The molecule has 0 bridgehead atoms. The SMILES string of the molecule is N#Cc1c[nH]c2c(NSc3cc(C4CC4)ns3)cccc12. The lowest BCUT2D eigenvalue weighted by Gasteiger charge is -2.04. The minimum atomic E-state index is 0.674. The van der Waals surface area contributed by atoms with Crippen LogP contribution < -0.4 is 4.72 Å². The van der Waals surface area contributed by atoms with Crippen LogP contribution in [-0.2, 0) is 0 Å². The second-order valence-electron chi connectivity index (χ2n) is 5.09. The molecule has 0 amide bonds. The molecule has 1 aliphatic rings. The highest BCUT2D eigenvalue weighted by Crippen LogP contribution is 2.41. The van der Waals surface area contributed by atoms with Crippen LogP contribution in [0.5, 0.6) is 0 Å². The molecular formula is C15H12N4S2. The number of para-hydroxylation sites is 1. The molecule has 3 aromatic rings. The molecule has 4 rings (SSSR count). The molecule has 104 valence electrons. The Bertz CT molecular complexity index is 839. The van der Waals surface area contributed by atoms with E-state index < -0.39 is 0 Å². The Morgan fingerprint density at radius 2 is 2.33 bits per heavy atom. The Morgan fingerprint density at radius 1 is 1.43 bits per heavy atom. The van der Waals surface area contributed by atoms with Gasteiger partial charge in [0.2, 0.25) is 0 Å². The second kappa shape index (κ2) is 5.10. The standard InChI is InChI=1S/C15H12N4S2/c16-7-10-8-17-15-11(10)2-1-3-12(15)18-20-14-6-13(19-21-14)9-4-5-9/h1-3,6,8-9,17-18H,4-5H2. The number of aromatic nitrogens is 2. The number of nitriles is 1. The summed E-state index contributed by atoms with van der Waals surface area (Å²) in [5.41, 5.74) is 3.86. The van der Waals surface area contributed by atoms with Crippen molar-refractivity contribution in [1.82, 2.24) is 9.36 Å². The van der Waals surface area contributed by atoms with Crippen molar-refractivity contribution in [1.29, 1.82) is 5.26 Å². The summed E-state index contributed by atoms with van der Waals surface area (Å²) < 4.78 is 9.03. The number of nitrogens with zero attached hydrogens (tertiary/aromatic N) is 2. The third-order valence-corrected chi connectivity index (χ3v) is 5.31. The van der Waals surface area contributed by atoms with Crippen molar-refractivity contribution in [3.63, 3.8) is 0 Å².